The van der Waals surface area contributed by atoms with Crippen molar-refractivity contribution in [3.63, 3.8) is 0 Å². The number of anilines is 1. The van der Waals surface area contributed by atoms with Crippen LogP contribution in [0.2, 0.25) is 0 Å². The van der Waals surface area contributed by atoms with Crippen molar-refractivity contribution in [3.05, 3.63) is 59.9 Å². The van der Waals surface area contributed by atoms with Crippen LogP contribution in [0.15, 0.2) is 58.5 Å². The number of aliphatic hydroxyl groups excluding tert-OH is 3. The first-order chi connectivity index (χ1) is 19.7. The van der Waals surface area contributed by atoms with Gasteiger partial charge in [0.15, 0.2) is 6.29 Å². The minimum Gasteiger partial charge on any atom is -0.456 e. The van der Waals surface area contributed by atoms with Gasteiger partial charge in [0.25, 0.3) is 5.91 Å². The zero-order valence-electron chi connectivity index (χ0n) is 24.0. The smallest absolute Gasteiger partial charge is 0.262 e. The van der Waals surface area contributed by atoms with Gasteiger partial charge >= 0.3 is 0 Å². The molecular weight excluding hydrogens is 522 g/mol. The molecule has 1 aliphatic rings. The third-order valence-corrected chi connectivity index (χ3v) is 7.57. The van der Waals surface area contributed by atoms with Crippen LogP contribution in [-0.2, 0) is 9.53 Å². The quantitative estimate of drug-likeness (QED) is 0.212. The lowest BCUT2D eigenvalue weighted by Gasteiger charge is -2.40. The summed E-state index contributed by atoms with van der Waals surface area (Å²) in [6.07, 6.45) is -2.52. The number of amides is 1. The molecule has 9 heteroatoms. The minimum absolute atomic E-state index is 0.243. The Morgan fingerprint density at radius 2 is 1.66 bits per heavy atom. The predicted molar refractivity (Wildman–Crippen MR) is 158 cm³/mol. The highest BCUT2D eigenvalue weighted by atomic mass is 16.6. The van der Waals surface area contributed by atoms with Crippen LogP contribution in [0.1, 0.15) is 52.7 Å². The maximum atomic E-state index is 13.0. The van der Waals surface area contributed by atoms with E-state index in [2.05, 4.69) is 48.3 Å². The number of allylic oxidation sites excluding steroid dienone is 1. The van der Waals surface area contributed by atoms with E-state index in [9.17, 15) is 25.4 Å². The molecule has 0 saturated carbocycles. The summed E-state index contributed by atoms with van der Waals surface area (Å²) in [6.45, 7) is 9.73. The molecular formula is C32H39N3O6. The Kier molecular flexibility index (Phi) is 9.84. The lowest BCUT2D eigenvalue weighted by molar-refractivity contribution is -0.247. The number of carbonyl (C=O) groups is 1. The van der Waals surface area contributed by atoms with Crippen LogP contribution < -0.4 is 10.2 Å². The zero-order valence-corrected chi connectivity index (χ0v) is 24.0. The second-order valence-corrected chi connectivity index (χ2v) is 10.5. The van der Waals surface area contributed by atoms with E-state index in [0.29, 0.717) is 23.5 Å². The highest BCUT2D eigenvalue weighted by Crippen LogP contribution is 2.31. The first-order valence-electron chi connectivity index (χ1n) is 14.2. The van der Waals surface area contributed by atoms with Crippen LogP contribution in [-0.4, -0.2) is 65.0 Å². The average Bonchev–Trinajstić information content (AvgIpc) is 3.47. The van der Waals surface area contributed by atoms with Crippen molar-refractivity contribution in [1.29, 1.82) is 5.26 Å². The minimum atomic E-state index is -1.54. The number of aliphatic hydroxyl groups is 3. The molecule has 1 fully saturated rings. The van der Waals surface area contributed by atoms with Gasteiger partial charge in [-0.2, -0.15) is 5.26 Å². The first-order valence-corrected chi connectivity index (χ1v) is 14.2. The molecule has 1 amide bonds. The molecule has 2 aromatic carbocycles. The molecule has 4 rings (SSSR count). The molecule has 1 aliphatic heterocycles. The average molecular weight is 562 g/mol. The lowest BCUT2D eigenvalue weighted by atomic mass is 9.95. The molecule has 0 spiro atoms. The van der Waals surface area contributed by atoms with Gasteiger partial charge < -0.3 is 34.7 Å². The number of rotatable bonds is 10. The van der Waals surface area contributed by atoms with Crippen molar-refractivity contribution in [3.8, 4) is 17.4 Å². The molecule has 0 aliphatic carbocycles. The number of carbonyl (C=O) groups excluding carboxylic acids is 1. The summed E-state index contributed by atoms with van der Waals surface area (Å²) < 4.78 is 11.4. The van der Waals surface area contributed by atoms with Crippen LogP contribution in [0.4, 0.5) is 5.69 Å². The number of nitrogens with zero attached hydrogens (tertiary/aromatic N) is 2. The molecule has 41 heavy (non-hydrogen) atoms. The molecule has 218 valence electrons. The molecule has 0 bridgehead atoms. The summed E-state index contributed by atoms with van der Waals surface area (Å²) in [5.41, 5.74) is 2.11. The third kappa shape index (κ3) is 6.47. The first kappa shape index (κ1) is 30.3. The van der Waals surface area contributed by atoms with Crippen LogP contribution in [0.25, 0.3) is 27.7 Å². The van der Waals surface area contributed by atoms with E-state index in [4.69, 9.17) is 9.15 Å². The van der Waals surface area contributed by atoms with Gasteiger partial charge in [-0.1, -0.05) is 39.0 Å². The molecule has 1 saturated heterocycles. The second kappa shape index (κ2) is 13.3. The number of hydrogen-bond donors (Lipinski definition) is 4. The van der Waals surface area contributed by atoms with Gasteiger partial charge in [-0.15, -0.1) is 0 Å². The lowest BCUT2D eigenvalue weighted by Crippen LogP contribution is -2.63. The van der Waals surface area contributed by atoms with Crippen molar-refractivity contribution in [1.82, 2.24) is 5.32 Å². The van der Waals surface area contributed by atoms with E-state index in [1.165, 1.54) is 5.69 Å². The van der Waals surface area contributed by atoms with Crippen molar-refractivity contribution in [2.45, 2.75) is 77.6 Å². The topological polar surface area (TPSA) is 139 Å². The van der Waals surface area contributed by atoms with Gasteiger partial charge in [-0.05, 0) is 67.3 Å². The van der Waals surface area contributed by atoms with Crippen LogP contribution in [0.3, 0.4) is 0 Å². The number of ether oxygens (including phenoxy) is 1. The molecule has 3 aromatic rings. The van der Waals surface area contributed by atoms with Gasteiger partial charge in [-0.25, -0.2) is 0 Å². The van der Waals surface area contributed by atoms with Crippen molar-refractivity contribution in [2.75, 3.05) is 18.0 Å². The largest absolute Gasteiger partial charge is 0.456 e. The Bertz CT molecular complexity index is 1430. The molecule has 5 atom stereocenters. The standard InChI is InChI=1S/C32H39N3O6/c1-5-14-35(15-6-2)23-11-10-20-16-22(9-8-21(20)17-23)27-13-12-26(40-27)19(4)24(18-33)31(38)34-28-30(37)29(36)25(7-3)41-32(28)39/h8-13,16-17,25,28-30,32,36-37,39H,5-7,14-15H2,1-4H3,(H,34,38)/b24-19+/t25-,28?,29-,30-,32?/m1/s1. The second-order valence-electron chi connectivity index (χ2n) is 10.5. The maximum absolute atomic E-state index is 13.0. The number of nitrogens with one attached hydrogen (secondary N) is 1. The Hall–Kier alpha value is -3.68. The Morgan fingerprint density at radius 3 is 2.32 bits per heavy atom. The number of hydrogen-bond acceptors (Lipinski definition) is 8. The molecule has 0 radical (unpaired) electrons. The van der Waals surface area contributed by atoms with Crippen molar-refractivity contribution >= 4 is 27.9 Å². The summed E-state index contributed by atoms with van der Waals surface area (Å²) in [6, 6.07) is 16.6. The normalized spacial score (nSPS) is 23.1. The van der Waals surface area contributed by atoms with E-state index in [1.54, 1.807) is 26.0 Å². The van der Waals surface area contributed by atoms with E-state index < -0.39 is 36.6 Å². The molecule has 9 nitrogen and oxygen atoms in total. The van der Waals surface area contributed by atoms with E-state index >= 15 is 0 Å². The van der Waals surface area contributed by atoms with E-state index in [0.717, 1.165) is 42.3 Å². The summed E-state index contributed by atoms with van der Waals surface area (Å²) in [5, 5.41) is 45.4. The fraction of sp³-hybridized carbons (Fsp3) is 0.438. The zero-order chi connectivity index (χ0) is 29.7. The third-order valence-electron chi connectivity index (χ3n) is 7.57. The van der Waals surface area contributed by atoms with Gasteiger partial charge in [-0.3, -0.25) is 4.79 Å². The fourth-order valence-corrected chi connectivity index (χ4v) is 5.28. The number of nitriles is 1. The van der Waals surface area contributed by atoms with E-state index in [-0.39, 0.29) is 5.57 Å². The number of fused-ring (bicyclic) bond motifs is 1. The summed E-state index contributed by atoms with van der Waals surface area (Å²) in [5.74, 6) is 0.101. The summed E-state index contributed by atoms with van der Waals surface area (Å²) in [4.78, 5) is 15.4. The predicted octanol–water partition coefficient (Wildman–Crippen LogP) is 4.36. The monoisotopic (exact) mass is 561 g/mol. The van der Waals surface area contributed by atoms with Gasteiger partial charge in [0.2, 0.25) is 0 Å². The van der Waals surface area contributed by atoms with Gasteiger partial charge in [0.1, 0.15) is 41.4 Å². The SMILES string of the molecule is CCCN(CCC)c1ccc2cc(-c3ccc(/C(C)=C(\C#N)C(=O)NC4C(O)O[C@H](CC)[C@@H](O)[C@@H]4O)o3)ccc2c1. The Labute approximate surface area is 240 Å². The Balaban J connectivity index is 1.54. The van der Waals surface area contributed by atoms with Crippen LogP contribution >= 0.6 is 0 Å². The molecule has 2 unspecified atom stereocenters. The van der Waals surface area contributed by atoms with Crippen molar-refractivity contribution < 1.29 is 29.3 Å². The maximum Gasteiger partial charge on any atom is 0.262 e. The van der Waals surface area contributed by atoms with Crippen LogP contribution in [0, 0.1) is 11.3 Å². The van der Waals surface area contributed by atoms with Gasteiger partial charge in [0, 0.05) is 29.9 Å². The fourth-order valence-electron chi connectivity index (χ4n) is 5.28. The molecule has 1 aromatic heterocycles. The Morgan fingerprint density at radius 1 is 0.976 bits per heavy atom. The highest BCUT2D eigenvalue weighted by molar-refractivity contribution is 6.04. The van der Waals surface area contributed by atoms with Crippen molar-refractivity contribution in [2.24, 2.45) is 0 Å². The van der Waals surface area contributed by atoms with Crippen LogP contribution in [0.5, 0.6) is 0 Å². The number of benzene rings is 2. The van der Waals surface area contributed by atoms with E-state index in [1.807, 2.05) is 18.2 Å². The highest BCUT2D eigenvalue weighted by Gasteiger charge is 2.44. The summed E-state index contributed by atoms with van der Waals surface area (Å²) >= 11 is 0. The summed E-state index contributed by atoms with van der Waals surface area (Å²) in [7, 11) is 0. The van der Waals surface area contributed by atoms with Gasteiger partial charge in [0.05, 0.1) is 6.10 Å². The number of furan rings is 1. The molecule has 2 heterocycles. The molecule has 4 N–H and O–H groups in total.